The number of fused-ring (bicyclic) bond motifs is 1. The third-order valence-electron chi connectivity index (χ3n) is 8.77. The van der Waals surface area contributed by atoms with Gasteiger partial charge in [-0.15, -0.1) is 0 Å². The number of hydrogen-bond donors (Lipinski definition) is 3. The number of nitrogens with zero attached hydrogens (tertiary/aromatic N) is 5. The number of hydrogen-bond acceptors (Lipinski definition) is 10. The molecule has 1 aliphatic rings. The van der Waals surface area contributed by atoms with Gasteiger partial charge >= 0.3 is 12.1 Å². The number of nitrogens with one attached hydrogen (secondary N) is 2. The van der Waals surface area contributed by atoms with E-state index < -0.39 is 53.2 Å². The molecule has 5 rings (SSSR count). The number of methoxy groups -OCH3 is 2. The molecule has 2 heterocycles. The molecule has 0 aliphatic carbocycles. The molecule has 1 fully saturated rings. The van der Waals surface area contributed by atoms with Crippen molar-refractivity contribution in [3.05, 3.63) is 88.7 Å². The number of aliphatic hydroxyl groups excluding tert-OH is 1. The maximum Gasteiger partial charge on any atom is 0.408 e. The Kier molecular flexibility index (Phi) is 11.9. The van der Waals surface area contributed by atoms with Crippen molar-refractivity contribution in [3.8, 4) is 11.5 Å². The molecular formula is C38H50FN7O8. The van der Waals surface area contributed by atoms with E-state index in [4.69, 9.17) is 19.2 Å². The number of ether oxygens (including phenoxy) is 3. The number of carbonyl (C=O) groups is 3. The smallest absolute Gasteiger partial charge is 0.408 e. The van der Waals surface area contributed by atoms with Gasteiger partial charge < -0.3 is 39.9 Å². The summed E-state index contributed by atoms with van der Waals surface area (Å²) in [5.74, 6) is 0.00338. The van der Waals surface area contributed by atoms with Crippen molar-refractivity contribution >= 4 is 40.3 Å². The average molecular weight is 752 g/mol. The molecule has 0 radical (unpaired) electrons. The molecule has 54 heavy (non-hydrogen) atoms. The van der Waals surface area contributed by atoms with Gasteiger partial charge in [0.2, 0.25) is 5.91 Å². The van der Waals surface area contributed by atoms with Crippen LogP contribution in [0.1, 0.15) is 49.3 Å². The van der Waals surface area contributed by atoms with Crippen LogP contribution in [0.25, 0.3) is 10.9 Å². The second-order valence-corrected chi connectivity index (χ2v) is 13.8. The molecule has 0 spiro atoms. The standard InChI is InChI=1S/C38H46FN7O8.2H2/c1-23(45(30-17-16-27(52-6)22-31(30)53-7)36(50)40-26-14-12-25(39)13-15-26)33-41-29-11-9-8-10-28(29)34(48)46(33)44-20-18-43(19-21-44)35(49)32(24(2)47)42-37(51)54-38(3,4)5;;/h8-17,22-24,32,47H,18-21H2,1-7H3,(H,40,50)(H,42,51);2*1H/t23?,24-,32-;;/m0../s1. The van der Waals surface area contributed by atoms with Crippen LogP contribution in [-0.4, -0.2) is 95.8 Å². The van der Waals surface area contributed by atoms with E-state index in [1.54, 1.807) is 75.2 Å². The topological polar surface area (TPSA) is 168 Å². The lowest BCUT2D eigenvalue weighted by Crippen LogP contribution is -2.61. The fourth-order valence-corrected chi connectivity index (χ4v) is 6.13. The zero-order chi connectivity index (χ0) is 39.3. The number of para-hydroxylation sites is 1. The second kappa shape index (κ2) is 16.4. The molecule has 3 N–H and O–H groups in total. The van der Waals surface area contributed by atoms with Crippen LogP contribution >= 0.6 is 0 Å². The SMILES string of the molecule is COc1ccc(N(C(=O)Nc2ccc(F)cc2)C(C)c2nc3ccccc3c(=O)n2N2CCN(C(=O)[C@@H](NC(=O)OC(C)(C)C)[C@H](C)O)CC2)c(OC)c1.[HH].[HH]. The van der Waals surface area contributed by atoms with Crippen molar-refractivity contribution in [3.63, 3.8) is 0 Å². The van der Waals surface area contributed by atoms with Gasteiger partial charge in [0.1, 0.15) is 29.0 Å². The van der Waals surface area contributed by atoms with E-state index in [9.17, 15) is 28.7 Å². The number of amides is 4. The van der Waals surface area contributed by atoms with Gasteiger partial charge in [0.25, 0.3) is 5.56 Å². The molecule has 0 saturated carbocycles. The third-order valence-corrected chi connectivity index (χ3v) is 8.77. The number of benzene rings is 3. The van der Waals surface area contributed by atoms with E-state index in [0.717, 1.165) is 0 Å². The minimum absolute atomic E-state index is 0. The lowest BCUT2D eigenvalue weighted by atomic mass is 10.1. The van der Waals surface area contributed by atoms with E-state index in [0.29, 0.717) is 33.8 Å². The Morgan fingerprint density at radius 2 is 1.63 bits per heavy atom. The first-order chi connectivity index (χ1) is 25.6. The molecule has 3 atom stereocenters. The normalized spacial score (nSPS) is 14.8. The Bertz CT molecular complexity index is 2050. The van der Waals surface area contributed by atoms with Crippen molar-refractivity contribution in [2.75, 3.05) is 55.6 Å². The maximum atomic E-state index is 14.4. The Morgan fingerprint density at radius 3 is 2.24 bits per heavy atom. The first-order valence-corrected chi connectivity index (χ1v) is 17.4. The van der Waals surface area contributed by atoms with Crippen LogP contribution in [-0.2, 0) is 9.53 Å². The predicted molar refractivity (Wildman–Crippen MR) is 205 cm³/mol. The van der Waals surface area contributed by atoms with Gasteiger partial charge in [-0.3, -0.25) is 14.5 Å². The molecule has 1 saturated heterocycles. The summed E-state index contributed by atoms with van der Waals surface area (Å²) in [6.07, 6.45) is -2.06. The van der Waals surface area contributed by atoms with E-state index in [2.05, 4.69) is 10.6 Å². The summed E-state index contributed by atoms with van der Waals surface area (Å²) in [6.45, 7) is 8.78. The van der Waals surface area contributed by atoms with Gasteiger partial charge in [0, 0.05) is 27.7 Å². The van der Waals surface area contributed by atoms with Crippen LogP contribution in [0.15, 0.2) is 71.5 Å². The van der Waals surface area contributed by atoms with Gasteiger partial charge in [-0.2, -0.15) is 0 Å². The van der Waals surface area contributed by atoms with Gasteiger partial charge in [-0.25, -0.2) is 23.6 Å². The van der Waals surface area contributed by atoms with E-state index in [-0.39, 0.29) is 34.9 Å². The lowest BCUT2D eigenvalue weighted by Gasteiger charge is -2.40. The first-order valence-electron chi connectivity index (χ1n) is 17.4. The highest BCUT2D eigenvalue weighted by Gasteiger charge is 2.36. The summed E-state index contributed by atoms with van der Waals surface area (Å²) < 4.78 is 31.6. The Labute approximate surface area is 315 Å². The summed E-state index contributed by atoms with van der Waals surface area (Å²) in [4.78, 5) is 62.6. The highest BCUT2D eigenvalue weighted by atomic mass is 19.1. The zero-order valence-corrected chi connectivity index (χ0v) is 31.3. The van der Waals surface area contributed by atoms with Crippen molar-refractivity contribution < 1.29 is 40.9 Å². The summed E-state index contributed by atoms with van der Waals surface area (Å²) in [7, 11) is 2.96. The van der Waals surface area contributed by atoms with Crippen LogP contribution in [0, 0.1) is 5.82 Å². The highest BCUT2D eigenvalue weighted by molar-refractivity contribution is 6.03. The predicted octanol–water partition coefficient (Wildman–Crippen LogP) is 4.90. The quantitative estimate of drug-likeness (QED) is 0.203. The first kappa shape index (κ1) is 39.3. The molecule has 292 valence electrons. The van der Waals surface area contributed by atoms with E-state index >= 15 is 0 Å². The Morgan fingerprint density at radius 1 is 0.963 bits per heavy atom. The molecule has 4 amide bonds. The molecule has 1 unspecified atom stereocenters. The molecule has 3 aromatic carbocycles. The number of piperazine rings is 1. The van der Waals surface area contributed by atoms with Crippen LogP contribution in [0.5, 0.6) is 11.5 Å². The Hall–Kier alpha value is -5.90. The largest absolute Gasteiger partial charge is 0.497 e. The lowest BCUT2D eigenvalue weighted by molar-refractivity contribution is -0.136. The number of anilines is 2. The number of urea groups is 1. The number of rotatable bonds is 10. The molecule has 1 aliphatic heterocycles. The number of alkyl carbamates (subject to hydrolysis) is 1. The van der Waals surface area contributed by atoms with Gasteiger partial charge in [-0.05, 0) is 83.1 Å². The molecule has 16 heteroatoms. The molecule has 0 bridgehead atoms. The Balaban J connectivity index is 0.00000420. The van der Waals surface area contributed by atoms with Gasteiger partial charge in [0.15, 0.2) is 5.82 Å². The van der Waals surface area contributed by atoms with Crippen LogP contribution in [0.2, 0.25) is 0 Å². The van der Waals surface area contributed by atoms with E-state index in [1.165, 1.54) is 59.9 Å². The van der Waals surface area contributed by atoms with Crippen LogP contribution in [0.3, 0.4) is 0 Å². The minimum Gasteiger partial charge on any atom is -0.497 e. The number of aliphatic hydroxyl groups is 1. The maximum absolute atomic E-state index is 14.4. The van der Waals surface area contributed by atoms with Crippen molar-refractivity contribution in [2.24, 2.45) is 0 Å². The third kappa shape index (κ3) is 8.82. The summed E-state index contributed by atoms with van der Waals surface area (Å²) in [5.41, 5.74) is -0.142. The summed E-state index contributed by atoms with van der Waals surface area (Å²) in [5, 5.41) is 17.8. The van der Waals surface area contributed by atoms with Gasteiger partial charge in [-0.1, -0.05) is 12.1 Å². The molecule has 15 nitrogen and oxygen atoms in total. The number of aromatic nitrogens is 2. The van der Waals surface area contributed by atoms with Gasteiger partial charge in [0.05, 0.1) is 56.0 Å². The minimum atomic E-state index is -1.26. The number of carbonyl (C=O) groups excluding carboxylic acids is 3. The monoisotopic (exact) mass is 751 g/mol. The van der Waals surface area contributed by atoms with Crippen LogP contribution in [0.4, 0.5) is 25.4 Å². The fourth-order valence-electron chi connectivity index (χ4n) is 6.13. The summed E-state index contributed by atoms with van der Waals surface area (Å²) in [6, 6.07) is 14.3. The van der Waals surface area contributed by atoms with E-state index in [1.807, 2.05) is 0 Å². The van der Waals surface area contributed by atoms with Crippen molar-refractivity contribution in [1.29, 1.82) is 0 Å². The number of halogens is 1. The molecule has 1 aromatic heterocycles. The van der Waals surface area contributed by atoms with Crippen LogP contribution < -0.4 is 35.6 Å². The van der Waals surface area contributed by atoms with Crippen molar-refractivity contribution in [2.45, 2.75) is 58.4 Å². The van der Waals surface area contributed by atoms with Crippen molar-refractivity contribution in [1.82, 2.24) is 19.9 Å². The summed E-state index contributed by atoms with van der Waals surface area (Å²) >= 11 is 0. The zero-order valence-electron chi connectivity index (χ0n) is 31.3. The molecule has 4 aromatic rings. The molecular weight excluding hydrogens is 701 g/mol. The average Bonchev–Trinajstić information content (AvgIpc) is 3.14. The second-order valence-electron chi connectivity index (χ2n) is 13.8. The fraction of sp³-hybridized carbons (Fsp3) is 0.395. The highest BCUT2D eigenvalue weighted by Crippen LogP contribution is 2.37.